The van der Waals surface area contributed by atoms with Crippen LogP contribution in [0.15, 0.2) is 12.3 Å². The molecule has 8 nitrogen and oxygen atoms in total. The van der Waals surface area contributed by atoms with Crippen LogP contribution >= 0.6 is 0 Å². The molecule has 0 spiro atoms. The van der Waals surface area contributed by atoms with Gasteiger partial charge in [0, 0.05) is 44.3 Å². The second-order valence-corrected chi connectivity index (χ2v) is 9.15. The SMILES string of the molecule is CN(C(=O)OC(C)(C)C)C1(C)CCN(c2cc(F)c(C(=O)O)c3nn(C)cc23)CC1. The first-order valence-electron chi connectivity index (χ1n) is 9.93. The normalized spacial score (nSPS) is 16.6. The number of ether oxygens (including phenoxy) is 1. The first-order chi connectivity index (χ1) is 13.8. The molecular weight excluding hydrogens is 391 g/mol. The number of nitrogens with zero attached hydrogens (tertiary/aromatic N) is 4. The minimum absolute atomic E-state index is 0.138. The Kier molecular flexibility index (Phi) is 5.43. The first-order valence-corrected chi connectivity index (χ1v) is 9.93. The third kappa shape index (κ3) is 4.06. The number of carboxylic acid groups (broad SMARTS) is 1. The van der Waals surface area contributed by atoms with Gasteiger partial charge in [0.15, 0.2) is 0 Å². The Morgan fingerprint density at radius 3 is 2.43 bits per heavy atom. The number of piperidine rings is 1. The average Bonchev–Trinajstić information content (AvgIpc) is 3.00. The molecule has 2 aromatic rings. The van der Waals surface area contributed by atoms with E-state index in [1.807, 2.05) is 32.6 Å². The maximum atomic E-state index is 14.6. The molecule has 1 aliphatic heterocycles. The molecule has 0 saturated carbocycles. The van der Waals surface area contributed by atoms with E-state index in [0.717, 1.165) is 0 Å². The Morgan fingerprint density at radius 1 is 1.30 bits per heavy atom. The molecule has 1 aliphatic rings. The largest absolute Gasteiger partial charge is 0.478 e. The first kappa shape index (κ1) is 21.9. The number of aromatic nitrogens is 2. The molecule has 1 aromatic carbocycles. The topological polar surface area (TPSA) is 87.9 Å². The zero-order valence-corrected chi connectivity index (χ0v) is 18.3. The molecule has 1 saturated heterocycles. The molecule has 0 radical (unpaired) electrons. The fourth-order valence-electron chi connectivity index (χ4n) is 3.82. The van der Waals surface area contributed by atoms with E-state index in [9.17, 15) is 19.1 Å². The molecule has 1 aromatic heterocycles. The molecular formula is C21H29FN4O4. The minimum Gasteiger partial charge on any atom is -0.478 e. The number of aryl methyl sites for hydroxylation is 1. The molecule has 0 unspecified atom stereocenters. The third-order valence-corrected chi connectivity index (χ3v) is 5.72. The van der Waals surface area contributed by atoms with Gasteiger partial charge in [-0.2, -0.15) is 5.10 Å². The van der Waals surface area contributed by atoms with Crippen molar-refractivity contribution in [2.75, 3.05) is 25.0 Å². The van der Waals surface area contributed by atoms with Crippen LogP contribution in [0.1, 0.15) is 50.9 Å². The van der Waals surface area contributed by atoms with E-state index >= 15 is 0 Å². The smallest absolute Gasteiger partial charge is 0.410 e. The van der Waals surface area contributed by atoms with Gasteiger partial charge in [0.2, 0.25) is 0 Å². The molecule has 2 heterocycles. The van der Waals surface area contributed by atoms with E-state index < -0.39 is 28.5 Å². The van der Waals surface area contributed by atoms with Gasteiger partial charge in [-0.15, -0.1) is 0 Å². The van der Waals surface area contributed by atoms with Crippen LogP contribution in [0.2, 0.25) is 0 Å². The second-order valence-electron chi connectivity index (χ2n) is 9.15. The Balaban J connectivity index is 1.85. The van der Waals surface area contributed by atoms with Gasteiger partial charge in [0.05, 0.1) is 5.69 Å². The van der Waals surface area contributed by atoms with Crippen molar-refractivity contribution in [2.24, 2.45) is 7.05 Å². The Bertz CT molecular complexity index is 987. The highest BCUT2D eigenvalue weighted by atomic mass is 19.1. The molecule has 1 fully saturated rings. The van der Waals surface area contributed by atoms with Crippen LogP contribution in [-0.4, -0.2) is 63.1 Å². The lowest BCUT2D eigenvalue weighted by molar-refractivity contribution is 0.00347. The Hall–Kier alpha value is -2.84. The molecule has 3 rings (SSSR count). The van der Waals surface area contributed by atoms with Gasteiger partial charge in [-0.25, -0.2) is 14.0 Å². The van der Waals surface area contributed by atoms with Crippen LogP contribution in [0.5, 0.6) is 0 Å². The monoisotopic (exact) mass is 420 g/mol. The molecule has 9 heteroatoms. The summed E-state index contributed by atoms with van der Waals surface area (Å²) in [6.07, 6.45) is 2.65. The fourth-order valence-corrected chi connectivity index (χ4v) is 3.82. The number of hydrogen-bond donors (Lipinski definition) is 1. The zero-order chi connectivity index (χ0) is 22.4. The van der Waals surface area contributed by atoms with Crippen molar-refractivity contribution in [1.29, 1.82) is 0 Å². The van der Waals surface area contributed by atoms with Crippen molar-refractivity contribution in [1.82, 2.24) is 14.7 Å². The van der Waals surface area contributed by atoms with Gasteiger partial charge < -0.3 is 19.6 Å². The number of fused-ring (bicyclic) bond motifs is 1. The van der Waals surface area contributed by atoms with E-state index in [2.05, 4.69) is 5.10 Å². The molecule has 30 heavy (non-hydrogen) atoms. The summed E-state index contributed by atoms with van der Waals surface area (Å²) in [4.78, 5) is 27.7. The fraction of sp³-hybridized carbons (Fsp3) is 0.571. The van der Waals surface area contributed by atoms with E-state index in [1.165, 1.54) is 10.7 Å². The highest BCUT2D eigenvalue weighted by Crippen LogP contribution is 2.36. The van der Waals surface area contributed by atoms with Gasteiger partial charge >= 0.3 is 12.1 Å². The predicted octanol–water partition coefficient (Wildman–Crippen LogP) is 3.64. The second kappa shape index (κ2) is 7.45. The number of carbonyl (C=O) groups is 2. The molecule has 1 N–H and O–H groups in total. The number of carbonyl (C=O) groups excluding carboxylic acids is 1. The number of aromatic carboxylic acids is 1. The van der Waals surface area contributed by atoms with Crippen molar-refractivity contribution in [3.05, 3.63) is 23.6 Å². The van der Waals surface area contributed by atoms with Gasteiger partial charge in [0.1, 0.15) is 22.5 Å². The van der Waals surface area contributed by atoms with E-state index in [0.29, 0.717) is 37.0 Å². The standard InChI is InChI=1S/C21H29FN4O4/c1-20(2,3)30-19(29)25(6)21(4)7-9-26(10-8-21)15-11-14(22)16(18(27)28)17-13(15)12-24(5)23-17/h11-12H,7-10H2,1-6H3,(H,27,28). The summed E-state index contributed by atoms with van der Waals surface area (Å²) < 4.78 is 21.6. The molecule has 0 atom stereocenters. The van der Waals surface area contributed by atoms with Crippen molar-refractivity contribution in [3.8, 4) is 0 Å². The van der Waals surface area contributed by atoms with Gasteiger partial charge in [-0.05, 0) is 46.6 Å². The maximum absolute atomic E-state index is 14.6. The predicted molar refractivity (Wildman–Crippen MR) is 111 cm³/mol. The average molecular weight is 420 g/mol. The Labute approximate surface area is 175 Å². The lowest BCUT2D eigenvalue weighted by Crippen LogP contribution is -2.55. The van der Waals surface area contributed by atoms with Crippen molar-refractivity contribution < 1.29 is 23.8 Å². The van der Waals surface area contributed by atoms with Gasteiger partial charge in [-0.1, -0.05) is 0 Å². The van der Waals surface area contributed by atoms with E-state index in [1.54, 1.807) is 25.2 Å². The summed E-state index contributed by atoms with van der Waals surface area (Å²) in [6, 6.07) is 1.27. The summed E-state index contributed by atoms with van der Waals surface area (Å²) in [5.74, 6) is -2.14. The highest BCUT2D eigenvalue weighted by molar-refractivity contribution is 6.06. The van der Waals surface area contributed by atoms with Gasteiger partial charge in [-0.3, -0.25) is 4.68 Å². The van der Waals surface area contributed by atoms with Gasteiger partial charge in [0.25, 0.3) is 0 Å². The number of benzene rings is 1. The number of anilines is 1. The third-order valence-electron chi connectivity index (χ3n) is 5.72. The summed E-state index contributed by atoms with van der Waals surface area (Å²) in [5.41, 5.74) is -0.632. The van der Waals surface area contributed by atoms with E-state index in [4.69, 9.17) is 4.74 Å². The number of halogens is 1. The number of hydrogen-bond acceptors (Lipinski definition) is 5. The Morgan fingerprint density at radius 2 is 1.90 bits per heavy atom. The summed E-state index contributed by atoms with van der Waals surface area (Å²) in [5, 5.41) is 14.1. The molecule has 0 bridgehead atoms. The highest BCUT2D eigenvalue weighted by Gasteiger charge is 2.38. The van der Waals surface area contributed by atoms with Crippen LogP contribution < -0.4 is 4.90 Å². The van der Waals surface area contributed by atoms with Crippen LogP contribution in [0.4, 0.5) is 14.9 Å². The van der Waals surface area contributed by atoms with Crippen LogP contribution in [0.25, 0.3) is 10.9 Å². The maximum Gasteiger partial charge on any atom is 0.410 e. The molecule has 1 amide bonds. The number of rotatable bonds is 3. The minimum atomic E-state index is -1.34. The summed E-state index contributed by atoms with van der Waals surface area (Å²) in [7, 11) is 3.42. The molecule has 0 aliphatic carbocycles. The van der Waals surface area contributed by atoms with Crippen LogP contribution in [0.3, 0.4) is 0 Å². The zero-order valence-electron chi connectivity index (χ0n) is 18.3. The summed E-state index contributed by atoms with van der Waals surface area (Å²) in [6.45, 7) is 8.68. The van der Waals surface area contributed by atoms with Crippen molar-refractivity contribution in [2.45, 2.75) is 51.7 Å². The summed E-state index contributed by atoms with van der Waals surface area (Å²) >= 11 is 0. The lowest BCUT2D eigenvalue weighted by Gasteiger charge is -2.45. The number of amides is 1. The van der Waals surface area contributed by atoms with Crippen molar-refractivity contribution in [3.63, 3.8) is 0 Å². The van der Waals surface area contributed by atoms with Crippen LogP contribution in [0, 0.1) is 5.82 Å². The van der Waals surface area contributed by atoms with E-state index in [-0.39, 0.29) is 11.6 Å². The molecule has 164 valence electrons. The number of carboxylic acids is 1. The quantitative estimate of drug-likeness (QED) is 0.816. The van der Waals surface area contributed by atoms with Crippen LogP contribution in [-0.2, 0) is 11.8 Å². The lowest BCUT2D eigenvalue weighted by atomic mass is 9.88. The van der Waals surface area contributed by atoms with Crippen molar-refractivity contribution >= 4 is 28.7 Å².